The molecule has 0 bridgehead atoms. The molecule has 1 heterocycles. The zero-order chi connectivity index (χ0) is 16.1. The zero-order valence-electron chi connectivity index (χ0n) is 11.2. The number of aliphatic hydroxyl groups excluding tert-OH is 1. The Morgan fingerprint density at radius 2 is 1.77 bits per heavy atom. The van der Waals surface area contributed by atoms with Gasteiger partial charge in [0.05, 0.1) is 5.69 Å². The first-order valence-electron chi connectivity index (χ1n) is 6.28. The van der Waals surface area contributed by atoms with Gasteiger partial charge >= 0.3 is 6.03 Å². The number of hydrogen-bond acceptors (Lipinski definition) is 3. The first kappa shape index (κ1) is 15.8. The Hall–Kier alpha value is -2.61. The van der Waals surface area contributed by atoms with Crippen LogP contribution in [-0.4, -0.2) is 22.7 Å². The molecular formula is C14H12F3N3O2. The summed E-state index contributed by atoms with van der Waals surface area (Å²) in [5.74, 6) is -2.73. The van der Waals surface area contributed by atoms with E-state index in [9.17, 15) is 18.0 Å². The van der Waals surface area contributed by atoms with Crippen LogP contribution in [0.25, 0.3) is 0 Å². The summed E-state index contributed by atoms with van der Waals surface area (Å²) >= 11 is 0. The molecule has 3 N–H and O–H groups in total. The average Bonchev–Trinajstić information content (AvgIpc) is 2.40. The highest BCUT2D eigenvalue weighted by Crippen LogP contribution is 2.18. The number of urea groups is 1. The number of nitrogens with one attached hydrogen (secondary N) is 2. The number of aromatic nitrogens is 1. The van der Waals surface area contributed by atoms with Gasteiger partial charge in [-0.2, -0.15) is 13.8 Å². The van der Waals surface area contributed by atoms with Gasteiger partial charge in [0.1, 0.15) is 5.82 Å². The number of hydrogen-bond donors (Lipinski definition) is 3. The summed E-state index contributed by atoms with van der Waals surface area (Å²) in [5.41, 5.74) is 0.537. The van der Waals surface area contributed by atoms with E-state index in [1.807, 2.05) is 0 Å². The number of pyridine rings is 1. The van der Waals surface area contributed by atoms with Crippen molar-refractivity contribution in [1.29, 1.82) is 0 Å². The van der Waals surface area contributed by atoms with Gasteiger partial charge in [0.2, 0.25) is 11.9 Å². The minimum Gasteiger partial charge on any atom is -0.396 e. The highest BCUT2D eigenvalue weighted by molar-refractivity contribution is 6.00. The van der Waals surface area contributed by atoms with Gasteiger partial charge in [0, 0.05) is 24.4 Å². The average molecular weight is 311 g/mol. The molecule has 5 nitrogen and oxygen atoms in total. The molecule has 8 heteroatoms. The monoisotopic (exact) mass is 311 g/mol. The second kappa shape index (κ2) is 6.90. The van der Waals surface area contributed by atoms with Gasteiger partial charge in [0.15, 0.2) is 0 Å². The molecule has 0 fully saturated rings. The van der Waals surface area contributed by atoms with E-state index >= 15 is 0 Å². The lowest BCUT2D eigenvalue weighted by Crippen LogP contribution is -2.21. The zero-order valence-corrected chi connectivity index (χ0v) is 11.2. The lowest BCUT2D eigenvalue weighted by atomic mass is 10.1. The number of halogens is 3. The predicted octanol–water partition coefficient (Wildman–Crippen LogP) is 2.68. The Labute approximate surface area is 123 Å². The molecule has 2 aromatic rings. The van der Waals surface area contributed by atoms with Crippen molar-refractivity contribution in [2.24, 2.45) is 0 Å². The molecule has 0 aliphatic heterocycles. The van der Waals surface area contributed by atoms with E-state index in [0.29, 0.717) is 5.56 Å². The largest absolute Gasteiger partial charge is 0.396 e. The highest BCUT2D eigenvalue weighted by Gasteiger charge is 2.10. The Kier molecular flexibility index (Phi) is 4.95. The summed E-state index contributed by atoms with van der Waals surface area (Å²) in [4.78, 5) is 14.7. The second-order valence-corrected chi connectivity index (χ2v) is 4.36. The van der Waals surface area contributed by atoms with Crippen molar-refractivity contribution in [3.8, 4) is 0 Å². The molecule has 2 amide bonds. The van der Waals surface area contributed by atoms with Gasteiger partial charge in [-0.1, -0.05) is 6.07 Å². The molecule has 1 aromatic carbocycles. The highest BCUT2D eigenvalue weighted by atomic mass is 19.1. The molecule has 1 aromatic heterocycles. The first-order chi connectivity index (χ1) is 10.5. The van der Waals surface area contributed by atoms with Crippen LogP contribution in [0.5, 0.6) is 0 Å². The molecule has 22 heavy (non-hydrogen) atoms. The SMILES string of the molecule is O=C(Nc1cc(F)nc(F)c1)Nc1cc(F)ccc1CCO. The van der Waals surface area contributed by atoms with Crippen LogP contribution in [-0.2, 0) is 6.42 Å². The standard InChI is InChI=1S/C14H12F3N3O2/c15-9-2-1-8(3-4-21)11(5-9)19-14(22)18-10-6-12(16)20-13(17)7-10/h1-2,5-7,21H,3-4H2,(H2,18,19,20,22). The fraction of sp³-hybridized carbons (Fsp3) is 0.143. The number of aliphatic hydroxyl groups is 1. The summed E-state index contributed by atoms with van der Waals surface area (Å²) in [6.45, 7) is -0.178. The van der Waals surface area contributed by atoms with Crippen LogP contribution in [0.1, 0.15) is 5.56 Å². The van der Waals surface area contributed by atoms with Crippen LogP contribution in [0.3, 0.4) is 0 Å². The lowest BCUT2D eigenvalue weighted by Gasteiger charge is -2.11. The van der Waals surface area contributed by atoms with Gasteiger partial charge in [-0.15, -0.1) is 0 Å². The molecule has 0 saturated carbocycles. The smallest absolute Gasteiger partial charge is 0.323 e. The van der Waals surface area contributed by atoms with E-state index in [0.717, 1.165) is 18.2 Å². The van der Waals surface area contributed by atoms with Crippen molar-refractivity contribution in [3.63, 3.8) is 0 Å². The predicted molar refractivity (Wildman–Crippen MR) is 74.0 cm³/mol. The molecule has 0 saturated heterocycles. The Morgan fingerprint density at radius 3 is 2.41 bits per heavy atom. The molecule has 0 aliphatic carbocycles. The van der Waals surface area contributed by atoms with Crippen molar-refractivity contribution >= 4 is 17.4 Å². The Balaban J connectivity index is 2.13. The third-order valence-corrected chi connectivity index (χ3v) is 2.72. The van der Waals surface area contributed by atoms with Crippen molar-refractivity contribution in [3.05, 3.63) is 53.6 Å². The van der Waals surface area contributed by atoms with Crippen molar-refractivity contribution in [2.75, 3.05) is 17.2 Å². The molecule has 2 rings (SSSR count). The van der Waals surface area contributed by atoms with Crippen LogP contribution in [0.2, 0.25) is 0 Å². The second-order valence-electron chi connectivity index (χ2n) is 4.36. The van der Waals surface area contributed by atoms with E-state index in [2.05, 4.69) is 15.6 Å². The summed E-state index contributed by atoms with van der Waals surface area (Å²) < 4.78 is 39.1. The van der Waals surface area contributed by atoms with Gasteiger partial charge < -0.3 is 15.7 Å². The topological polar surface area (TPSA) is 74.2 Å². The van der Waals surface area contributed by atoms with E-state index in [4.69, 9.17) is 5.11 Å². The van der Waals surface area contributed by atoms with Crippen molar-refractivity contribution in [1.82, 2.24) is 4.98 Å². The molecule has 0 radical (unpaired) electrons. The fourth-order valence-corrected chi connectivity index (χ4v) is 1.83. The summed E-state index contributed by atoms with van der Waals surface area (Å²) in [6.07, 6.45) is 0.217. The van der Waals surface area contributed by atoms with Crippen molar-refractivity contribution in [2.45, 2.75) is 6.42 Å². The molecule has 0 atom stereocenters. The molecule has 0 aliphatic rings. The van der Waals surface area contributed by atoms with Gasteiger partial charge in [-0.05, 0) is 24.1 Å². The minimum atomic E-state index is -1.08. The third kappa shape index (κ3) is 4.19. The van der Waals surface area contributed by atoms with Crippen LogP contribution >= 0.6 is 0 Å². The Morgan fingerprint density at radius 1 is 1.09 bits per heavy atom. The summed E-state index contributed by atoms with van der Waals surface area (Å²) in [6, 6.07) is 4.56. The van der Waals surface area contributed by atoms with Crippen LogP contribution in [0.15, 0.2) is 30.3 Å². The molecular weight excluding hydrogens is 299 g/mol. The molecule has 0 unspecified atom stereocenters. The van der Waals surface area contributed by atoms with Gasteiger partial charge in [-0.25, -0.2) is 9.18 Å². The first-order valence-corrected chi connectivity index (χ1v) is 6.28. The number of amides is 2. The normalized spacial score (nSPS) is 10.4. The quantitative estimate of drug-likeness (QED) is 0.760. The molecule has 116 valence electrons. The lowest BCUT2D eigenvalue weighted by molar-refractivity contribution is 0.262. The summed E-state index contributed by atoms with van der Waals surface area (Å²) in [5, 5.41) is 13.5. The van der Waals surface area contributed by atoms with E-state index in [1.165, 1.54) is 12.1 Å². The summed E-state index contributed by atoms with van der Waals surface area (Å²) in [7, 11) is 0. The Bertz CT molecular complexity index is 675. The van der Waals surface area contributed by atoms with Gasteiger partial charge in [-0.3, -0.25) is 0 Å². The molecule has 0 spiro atoms. The van der Waals surface area contributed by atoms with E-state index in [-0.39, 0.29) is 24.4 Å². The minimum absolute atomic E-state index is 0.136. The maximum atomic E-state index is 13.2. The number of benzene rings is 1. The van der Waals surface area contributed by atoms with E-state index < -0.39 is 23.7 Å². The van der Waals surface area contributed by atoms with Crippen LogP contribution in [0, 0.1) is 17.7 Å². The number of carbonyl (C=O) groups excluding carboxylic acids is 1. The fourth-order valence-electron chi connectivity index (χ4n) is 1.83. The number of carbonyl (C=O) groups is 1. The number of nitrogens with zero attached hydrogens (tertiary/aromatic N) is 1. The van der Waals surface area contributed by atoms with Gasteiger partial charge in [0.25, 0.3) is 0 Å². The van der Waals surface area contributed by atoms with E-state index in [1.54, 1.807) is 0 Å². The van der Waals surface area contributed by atoms with Crippen LogP contribution < -0.4 is 10.6 Å². The third-order valence-electron chi connectivity index (χ3n) is 2.72. The maximum Gasteiger partial charge on any atom is 0.323 e. The number of anilines is 2. The number of rotatable bonds is 4. The van der Waals surface area contributed by atoms with Crippen molar-refractivity contribution < 1.29 is 23.1 Å². The maximum absolute atomic E-state index is 13.2. The van der Waals surface area contributed by atoms with Crippen LogP contribution in [0.4, 0.5) is 29.3 Å².